The molecule has 2 N–H and O–H groups in total. The fourth-order valence-corrected chi connectivity index (χ4v) is 4.36. The number of hydrogen-bond donors (Lipinski definition) is 1. The molecule has 0 radical (unpaired) electrons. The molecule has 0 bridgehead atoms. The number of amides is 3. The molecular weight excluding hydrogens is 467 g/mol. The number of carbonyl (C=O) groups is 3. The number of hydrogen-bond acceptors (Lipinski definition) is 7. The van der Waals surface area contributed by atoms with Gasteiger partial charge in [-0.15, -0.1) is 0 Å². The van der Waals surface area contributed by atoms with Gasteiger partial charge in [0.25, 0.3) is 0 Å². The van der Waals surface area contributed by atoms with Crippen molar-refractivity contribution in [1.82, 2.24) is 14.9 Å². The van der Waals surface area contributed by atoms with E-state index in [2.05, 4.69) is 16.9 Å². The molecule has 1 atom stereocenters. The largest absolute Gasteiger partial charge is 0.444 e. The lowest BCUT2D eigenvalue weighted by molar-refractivity contribution is -0.131. The van der Waals surface area contributed by atoms with Gasteiger partial charge in [0.05, 0.1) is 12.2 Å². The zero-order valence-electron chi connectivity index (χ0n) is 20.4. The Hall–Kier alpha value is -3.76. The molecule has 4 rings (SSSR count). The smallest absolute Gasteiger partial charge is 0.414 e. The van der Waals surface area contributed by atoms with Crippen LogP contribution in [0.1, 0.15) is 39.0 Å². The number of nitrogens with zero attached hydrogens (tertiary/aromatic N) is 5. The van der Waals surface area contributed by atoms with Crippen molar-refractivity contribution in [3.8, 4) is 11.1 Å². The molecular formula is C25H31FN6O4. The maximum absolute atomic E-state index is 15.0. The lowest BCUT2D eigenvalue weighted by atomic mass is 10.1. The molecule has 36 heavy (non-hydrogen) atoms. The third kappa shape index (κ3) is 5.89. The van der Waals surface area contributed by atoms with Crippen LogP contribution in [-0.4, -0.2) is 71.6 Å². The molecule has 2 aromatic rings. The summed E-state index contributed by atoms with van der Waals surface area (Å²) < 4.78 is 20.2. The standard InChI is InChI=1S/C25H31FN6O4/c1-2-3-4-23(34)30-9-11-31(12-10-30)24-28-14-17(15-29-24)20-7-5-18(13-21(20)26)32-16-19(36-25(32)35)6-8-22(27)33/h5,7,13-15,19H,2-4,6,8-12,16H2,1H3,(H2,27,33). The highest BCUT2D eigenvalue weighted by Crippen LogP contribution is 2.29. The van der Waals surface area contributed by atoms with E-state index in [0.717, 1.165) is 12.8 Å². The summed E-state index contributed by atoms with van der Waals surface area (Å²) in [5.74, 6) is -0.252. The predicted molar refractivity (Wildman–Crippen MR) is 132 cm³/mol. The first kappa shape index (κ1) is 25.3. The maximum atomic E-state index is 15.0. The summed E-state index contributed by atoms with van der Waals surface area (Å²) in [7, 11) is 0. The SMILES string of the molecule is CCCCC(=O)N1CCN(c2ncc(-c3ccc(N4CC(CCC(N)=O)OC4=O)cc3F)cn2)CC1. The van der Waals surface area contributed by atoms with E-state index < -0.39 is 23.9 Å². The summed E-state index contributed by atoms with van der Waals surface area (Å²) in [4.78, 5) is 49.5. The van der Waals surface area contributed by atoms with Gasteiger partial charge in [0.15, 0.2) is 0 Å². The number of carbonyl (C=O) groups excluding carboxylic acids is 3. The van der Waals surface area contributed by atoms with Crippen molar-refractivity contribution in [1.29, 1.82) is 0 Å². The van der Waals surface area contributed by atoms with Crippen molar-refractivity contribution in [2.24, 2.45) is 5.73 Å². The fourth-order valence-electron chi connectivity index (χ4n) is 4.36. The number of rotatable bonds is 9. The summed E-state index contributed by atoms with van der Waals surface area (Å²) in [5.41, 5.74) is 6.35. The summed E-state index contributed by atoms with van der Waals surface area (Å²) in [6.07, 6.45) is 5.02. The van der Waals surface area contributed by atoms with Crippen molar-refractivity contribution in [2.75, 3.05) is 42.5 Å². The van der Waals surface area contributed by atoms with Crippen molar-refractivity contribution in [3.63, 3.8) is 0 Å². The number of halogens is 1. The number of cyclic esters (lactones) is 1. The molecule has 3 amide bonds. The third-order valence-corrected chi connectivity index (χ3v) is 6.46. The molecule has 1 aromatic heterocycles. The number of aromatic nitrogens is 2. The highest BCUT2D eigenvalue weighted by molar-refractivity contribution is 5.90. The van der Waals surface area contributed by atoms with Gasteiger partial charge in [0.2, 0.25) is 17.8 Å². The number of benzene rings is 1. The van der Waals surface area contributed by atoms with E-state index in [4.69, 9.17) is 10.5 Å². The van der Waals surface area contributed by atoms with Crippen molar-refractivity contribution in [3.05, 3.63) is 36.4 Å². The molecule has 192 valence electrons. The van der Waals surface area contributed by atoms with E-state index in [1.165, 1.54) is 11.0 Å². The Morgan fingerprint density at radius 2 is 1.86 bits per heavy atom. The van der Waals surface area contributed by atoms with E-state index in [1.807, 2.05) is 9.80 Å². The molecule has 0 saturated carbocycles. The Labute approximate surface area is 209 Å². The van der Waals surface area contributed by atoms with Gasteiger partial charge in [0.1, 0.15) is 11.9 Å². The number of primary amides is 1. The molecule has 2 fully saturated rings. The monoisotopic (exact) mass is 498 g/mol. The molecule has 1 aromatic carbocycles. The number of piperazine rings is 1. The van der Waals surface area contributed by atoms with Crippen LogP contribution in [-0.2, 0) is 14.3 Å². The lowest BCUT2D eigenvalue weighted by Crippen LogP contribution is -2.49. The highest BCUT2D eigenvalue weighted by atomic mass is 19.1. The number of nitrogens with two attached hydrogens (primary N) is 1. The van der Waals surface area contributed by atoms with Gasteiger partial charge < -0.3 is 20.3 Å². The van der Waals surface area contributed by atoms with Gasteiger partial charge in [-0.2, -0.15) is 0 Å². The van der Waals surface area contributed by atoms with Gasteiger partial charge in [-0.1, -0.05) is 13.3 Å². The average Bonchev–Trinajstić information content (AvgIpc) is 3.26. The van der Waals surface area contributed by atoms with Gasteiger partial charge >= 0.3 is 6.09 Å². The van der Waals surface area contributed by atoms with Gasteiger partial charge in [-0.25, -0.2) is 19.2 Å². The normalized spacial score (nSPS) is 17.9. The Bertz CT molecular complexity index is 1100. The molecule has 11 heteroatoms. The third-order valence-electron chi connectivity index (χ3n) is 6.46. The van der Waals surface area contributed by atoms with E-state index in [1.54, 1.807) is 24.5 Å². The van der Waals surface area contributed by atoms with E-state index >= 15 is 0 Å². The van der Waals surface area contributed by atoms with Crippen LogP contribution in [0, 0.1) is 5.82 Å². The molecule has 0 spiro atoms. The zero-order valence-corrected chi connectivity index (χ0v) is 20.4. The molecule has 2 saturated heterocycles. The first-order valence-corrected chi connectivity index (χ1v) is 12.3. The second kappa shape index (κ2) is 11.3. The number of ether oxygens (including phenoxy) is 1. The minimum Gasteiger partial charge on any atom is -0.444 e. The topological polar surface area (TPSA) is 122 Å². The first-order chi connectivity index (χ1) is 17.4. The van der Waals surface area contributed by atoms with Crippen LogP contribution in [0.4, 0.5) is 20.8 Å². The van der Waals surface area contributed by atoms with Crippen LogP contribution in [0.2, 0.25) is 0 Å². The molecule has 3 heterocycles. The van der Waals surface area contributed by atoms with Crippen LogP contribution in [0.3, 0.4) is 0 Å². The molecule has 10 nitrogen and oxygen atoms in total. The van der Waals surface area contributed by atoms with Crippen molar-refractivity contribution >= 4 is 29.5 Å². The van der Waals surface area contributed by atoms with Crippen LogP contribution in [0.5, 0.6) is 0 Å². The van der Waals surface area contributed by atoms with Gasteiger partial charge in [0, 0.05) is 62.5 Å². The minimum atomic E-state index is -0.587. The number of unbranched alkanes of at least 4 members (excludes halogenated alkanes) is 1. The summed E-state index contributed by atoms with van der Waals surface area (Å²) >= 11 is 0. The summed E-state index contributed by atoms with van der Waals surface area (Å²) in [6, 6.07) is 4.49. The Morgan fingerprint density at radius 3 is 2.50 bits per heavy atom. The van der Waals surface area contributed by atoms with Gasteiger partial charge in [-0.05, 0) is 31.0 Å². The van der Waals surface area contributed by atoms with Crippen molar-refractivity contribution < 1.29 is 23.5 Å². The summed E-state index contributed by atoms with van der Waals surface area (Å²) in [6.45, 7) is 4.85. The molecule has 0 aliphatic carbocycles. The van der Waals surface area contributed by atoms with Crippen LogP contribution in [0.15, 0.2) is 30.6 Å². The summed E-state index contributed by atoms with van der Waals surface area (Å²) in [5, 5.41) is 0. The first-order valence-electron chi connectivity index (χ1n) is 12.3. The molecule has 2 aliphatic heterocycles. The average molecular weight is 499 g/mol. The lowest BCUT2D eigenvalue weighted by Gasteiger charge is -2.34. The van der Waals surface area contributed by atoms with Crippen molar-refractivity contribution in [2.45, 2.75) is 45.1 Å². The predicted octanol–water partition coefficient (Wildman–Crippen LogP) is 2.71. The Kier molecular flexibility index (Phi) is 7.97. The maximum Gasteiger partial charge on any atom is 0.414 e. The van der Waals surface area contributed by atoms with E-state index in [0.29, 0.717) is 61.8 Å². The molecule has 2 aliphatic rings. The van der Waals surface area contributed by atoms with E-state index in [9.17, 15) is 18.8 Å². The Morgan fingerprint density at radius 1 is 1.14 bits per heavy atom. The van der Waals surface area contributed by atoms with E-state index in [-0.39, 0.29) is 18.9 Å². The van der Waals surface area contributed by atoms with Gasteiger partial charge in [-0.3, -0.25) is 14.5 Å². The van der Waals surface area contributed by atoms with Crippen LogP contribution < -0.4 is 15.5 Å². The van der Waals surface area contributed by atoms with Crippen LogP contribution >= 0.6 is 0 Å². The fraction of sp³-hybridized carbons (Fsp3) is 0.480. The zero-order chi connectivity index (χ0) is 25.7. The quantitative estimate of drug-likeness (QED) is 0.564. The highest BCUT2D eigenvalue weighted by Gasteiger charge is 2.32. The Balaban J connectivity index is 1.37. The molecule has 1 unspecified atom stereocenters. The second-order valence-electron chi connectivity index (χ2n) is 9.03. The minimum absolute atomic E-state index is 0.113. The van der Waals surface area contributed by atoms with Crippen LogP contribution in [0.25, 0.3) is 11.1 Å². The number of anilines is 2. The second-order valence-corrected chi connectivity index (χ2v) is 9.03.